The Balaban J connectivity index is 0.00000192. The Bertz CT molecular complexity index is 638. The van der Waals surface area contributed by atoms with Gasteiger partial charge in [0.1, 0.15) is 11.5 Å². The number of nitrogens with one attached hydrogen (secondary N) is 1. The van der Waals surface area contributed by atoms with Crippen LogP contribution in [-0.4, -0.2) is 11.4 Å². The van der Waals surface area contributed by atoms with E-state index in [2.05, 4.69) is 5.32 Å². The maximum absolute atomic E-state index is 12.2. The smallest absolute Gasteiger partial charge is 0.244 e. The van der Waals surface area contributed by atoms with Crippen LogP contribution in [0.25, 0.3) is 0 Å². The van der Waals surface area contributed by atoms with Crippen molar-refractivity contribution in [1.29, 1.82) is 0 Å². The molecular weight excluding hydrogens is 312 g/mol. The largest absolute Gasteiger partial charge is 0.457 e. The number of halogens is 1. The van der Waals surface area contributed by atoms with Crippen LogP contribution in [0.15, 0.2) is 54.6 Å². The van der Waals surface area contributed by atoms with Gasteiger partial charge in [0.25, 0.3) is 0 Å². The molecule has 5 heteroatoms. The van der Waals surface area contributed by atoms with E-state index in [4.69, 9.17) is 10.5 Å². The van der Waals surface area contributed by atoms with Gasteiger partial charge in [-0.15, -0.1) is 12.4 Å². The van der Waals surface area contributed by atoms with Crippen molar-refractivity contribution in [1.82, 2.24) is 0 Å². The van der Waals surface area contributed by atoms with Crippen molar-refractivity contribution in [3.63, 3.8) is 0 Å². The van der Waals surface area contributed by atoms with Gasteiger partial charge in [-0.05, 0) is 49.2 Å². The van der Waals surface area contributed by atoms with E-state index in [0.29, 0.717) is 0 Å². The van der Waals surface area contributed by atoms with Gasteiger partial charge in [0.15, 0.2) is 0 Å². The number of nitrogens with two attached hydrogens (primary N) is 1. The summed E-state index contributed by atoms with van der Waals surface area (Å²) < 4.78 is 5.72. The van der Waals surface area contributed by atoms with Crippen LogP contribution in [0.5, 0.6) is 11.5 Å². The van der Waals surface area contributed by atoms with E-state index < -0.39 is 5.54 Å². The summed E-state index contributed by atoms with van der Waals surface area (Å²) in [6, 6.07) is 16.9. The molecule has 0 bridgehead atoms. The van der Waals surface area contributed by atoms with Crippen LogP contribution in [0.3, 0.4) is 0 Å². The molecule has 1 aliphatic rings. The van der Waals surface area contributed by atoms with Crippen LogP contribution in [-0.2, 0) is 4.79 Å². The second-order valence-corrected chi connectivity index (χ2v) is 5.76. The number of hydrogen-bond donors (Lipinski definition) is 2. The molecule has 4 nitrogen and oxygen atoms in total. The number of carbonyl (C=O) groups excluding carboxylic acids is 1. The Labute approximate surface area is 142 Å². The fourth-order valence-electron chi connectivity index (χ4n) is 2.72. The molecule has 1 fully saturated rings. The van der Waals surface area contributed by atoms with Gasteiger partial charge < -0.3 is 15.8 Å². The normalized spacial score (nSPS) is 15.5. The van der Waals surface area contributed by atoms with Gasteiger partial charge >= 0.3 is 0 Å². The van der Waals surface area contributed by atoms with E-state index in [9.17, 15) is 4.79 Å². The third-order valence-electron chi connectivity index (χ3n) is 4.04. The molecule has 0 saturated heterocycles. The molecule has 0 atom stereocenters. The summed E-state index contributed by atoms with van der Waals surface area (Å²) in [7, 11) is 0. The molecule has 2 aromatic carbocycles. The molecule has 0 unspecified atom stereocenters. The molecule has 3 N–H and O–H groups in total. The van der Waals surface area contributed by atoms with Crippen molar-refractivity contribution in [2.24, 2.45) is 5.73 Å². The van der Waals surface area contributed by atoms with Crippen molar-refractivity contribution < 1.29 is 9.53 Å². The topological polar surface area (TPSA) is 64.4 Å². The first-order chi connectivity index (χ1) is 10.7. The van der Waals surface area contributed by atoms with E-state index in [-0.39, 0.29) is 18.3 Å². The van der Waals surface area contributed by atoms with Gasteiger partial charge in [0.05, 0.1) is 5.54 Å². The average molecular weight is 333 g/mol. The number of rotatable bonds is 4. The van der Waals surface area contributed by atoms with Crippen LogP contribution >= 0.6 is 12.4 Å². The molecule has 2 aromatic rings. The first-order valence-corrected chi connectivity index (χ1v) is 7.59. The highest BCUT2D eigenvalue weighted by molar-refractivity contribution is 5.98. The first kappa shape index (κ1) is 17.3. The predicted molar refractivity (Wildman–Crippen MR) is 94.2 cm³/mol. The predicted octanol–water partition coefficient (Wildman–Crippen LogP) is 4.11. The number of amides is 1. The van der Waals surface area contributed by atoms with Gasteiger partial charge in [0, 0.05) is 5.69 Å². The van der Waals surface area contributed by atoms with Crippen molar-refractivity contribution in [2.45, 2.75) is 31.2 Å². The molecule has 0 heterocycles. The third-order valence-corrected chi connectivity index (χ3v) is 4.04. The van der Waals surface area contributed by atoms with Crippen molar-refractivity contribution >= 4 is 24.0 Å². The molecule has 23 heavy (non-hydrogen) atoms. The summed E-state index contributed by atoms with van der Waals surface area (Å²) in [5.74, 6) is 1.42. The van der Waals surface area contributed by atoms with Gasteiger partial charge in [-0.2, -0.15) is 0 Å². The van der Waals surface area contributed by atoms with Crippen LogP contribution < -0.4 is 15.8 Å². The molecule has 1 saturated carbocycles. The lowest BCUT2D eigenvalue weighted by Gasteiger charge is -2.22. The highest BCUT2D eigenvalue weighted by Crippen LogP contribution is 2.29. The summed E-state index contributed by atoms with van der Waals surface area (Å²) in [4.78, 5) is 12.2. The Hall–Kier alpha value is -2.04. The lowest BCUT2D eigenvalue weighted by atomic mass is 9.98. The maximum atomic E-state index is 12.2. The Kier molecular flexibility index (Phi) is 5.64. The molecular formula is C18H21ClN2O2. The van der Waals surface area contributed by atoms with E-state index in [0.717, 1.165) is 42.9 Å². The summed E-state index contributed by atoms with van der Waals surface area (Å²) in [5, 5.41) is 2.90. The Morgan fingerprint density at radius 2 is 1.52 bits per heavy atom. The molecule has 3 rings (SSSR count). The van der Waals surface area contributed by atoms with E-state index in [1.807, 2.05) is 54.6 Å². The molecule has 0 radical (unpaired) electrons. The highest BCUT2D eigenvalue weighted by Gasteiger charge is 2.36. The zero-order valence-corrected chi connectivity index (χ0v) is 13.6. The Morgan fingerprint density at radius 1 is 0.957 bits per heavy atom. The van der Waals surface area contributed by atoms with Gasteiger partial charge in [-0.1, -0.05) is 31.0 Å². The number of hydrogen-bond acceptors (Lipinski definition) is 3. The lowest BCUT2D eigenvalue weighted by Crippen LogP contribution is -2.48. The van der Waals surface area contributed by atoms with Gasteiger partial charge in [0.2, 0.25) is 5.91 Å². The summed E-state index contributed by atoms with van der Waals surface area (Å²) in [6.45, 7) is 0. The zero-order valence-electron chi connectivity index (χ0n) is 12.8. The van der Waals surface area contributed by atoms with Crippen LogP contribution in [0.2, 0.25) is 0 Å². The van der Waals surface area contributed by atoms with Gasteiger partial charge in [-0.3, -0.25) is 4.79 Å². The fraction of sp³-hybridized carbons (Fsp3) is 0.278. The van der Waals surface area contributed by atoms with Crippen molar-refractivity contribution in [3.8, 4) is 11.5 Å². The second-order valence-electron chi connectivity index (χ2n) is 5.76. The lowest BCUT2D eigenvalue weighted by molar-refractivity contribution is -0.121. The third kappa shape index (κ3) is 4.24. The minimum absolute atomic E-state index is 0. The quantitative estimate of drug-likeness (QED) is 0.885. The Morgan fingerprint density at radius 3 is 2.13 bits per heavy atom. The first-order valence-electron chi connectivity index (χ1n) is 7.59. The summed E-state index contributed by atoms with van der Waals surface area (Å²) in [6.07, 6.45) is 3.56. The number of para-hydroxylation sites is 1. The van der Waals surface area contributed by atoms with E-state index in [1.54, 1.807) is 0 Å². The van der Waals surface area contributed by atoms with Crippen molar-refractivity contribution in [3.05, 3.63) is 54.6 Å². The minimum Gasteiger partial charge on any atom is -0.457 e. The monoisotopic (exact) mass is 332 g/mol. The van der Waals surface area contributed by atoms with E-state index >= 15 is 0 Å². The molecule has 1 amide bonds. The number of carbonyl (C=O) groups is 1. The number of ether oxygens (including phenoxy) is 1. The average Bonchev–Trinajstić information content (AvgIpc) is 2.98. The second kappa shape index (κ2) is 7.49. The van der Waals surface area contributed by atoms with Crippen LogP contribution in [0, 0.1) is 0 Å². The molecule has 0 aliphatic heterocycles. The molecule has 0 aromatic heterocycles. The summed E-state index contributed by atoms with van der Waals surface area (Å²) in [5.41, 5.74) is 6.17. The SMILES string of the molecule is Cl.NC1(C(=O)Nc2ccc(Oc3ccccc3)cc2)CCCC1. The van der Waals surface area contributed by atoms with E-state index in [1.165, 1.54) is 0 Å². The van der Waals surface area contributed by atoms with Gasteiger partial charge in [-0.25, -0.2) is 0 Å². The van der Waals surface area contributed by atoms with Crippen LogP contribution in [0.1, 0.15) is 25.7 Å². The fourth-order valence-corrected chi connectivity index (χ4v) is 2.72. The number of benzene rings is 2. The van der Waals surface area contributed by atoms with Crippen LogP contribution in [0.4, 0.5) is 5.69 Å². The molecule has 122 valence electrons. The maximum Gasteiger partial charge on any atom is 0.244 e. The minimum atomic E-state index is -0.709. The zero-order chi connectivity index (χ0) is 15.4. The molecule has 0 spiro atoms. The standard InChI is InChI=1S/C18H20N2O2.ClH/c19-18(12-4-5-13-18)17(21)20-14-8-10-16(11-9-14)22-15-6-2-1-3-7-15;/h1-3,6-11H,4-5,12-13,19H2,(H,20,21);1H. The van der Waals surface area contributed by atoms with Crippen molar-refractivity contribution in [2.75, 3.05) is 5.32 Å². The summed E-state index contributed by atoms with van der Waals surface area (Å²) >= 11 is 0. The highest BCUT2D eigenvalue weighted by atomic mass is 35.5. The number of anilines is 1. The molecule has 1 aliphatic carbocycles.